The van der Waals surface area contributed by atoms with Crippen LogP contribution in [0, 0.1) is 12.8 Å². The van der Waals surface area contributed by atoms with Crippen LogP contribution in [0.4, 0.5) is 0 Å². The van der Waals surface area contributed by atoms with E-state index in [0.717, 1.165) is 18.1 Å². The lowest BCUT2D eigenvalue weighted by molar-refractivity contribution is 0.551. The van der Waals surface area contributed by atoms with Gasteiger partial charge in [-0.25, -0.2) is 0 Å². The average molecular weight is 212 g/mol. The lowest BCUT2D eigenvalue weighted by atomic mass is 10.1. The summed E-state index contributed by atoms with van der Waals surface area (Å²) < 4.78 is 0. The van der Waals surface area contributed by atoms with Crippen LogP contribution in [0.1, 0.15) is 25.0 Å². The minimum Gasteiger partial charge on any atom is -0.312 e. The molecule has 0 bridgehead atoms. The zero-order valence-corrected chi connectivity index (χ0v) is 9.86. The smallest absolute Gasteiger partial charge is 0.0453 e. The maximum absolute atomic E-state index is 6.10. The van der Waals surface area contributed by atoms with Crippen LogP contribution < -0.4 is 5.32 Å². The SMILES string of the molecule is Cc1cccc(Cl)c1CNCC(C)C. The van der Waals surface area contributed by atoms with Gasteiger partial charge in [0.15, 0.2) is 0 Å². The molecule has 2 heteroatoms. The van der Waals surface area contributed by atoms with Gasteiger partial charge < -0.3 is 5.32 Å². The van der Waals surface area contributed by atoms with Gasteiger partial charge in [-0.1, -0.05) is 37.6 Å². The van der Waals surface area contributed by atoms with Crippen molar-refractivity contribution in [1.82, 2.24) is 5.32 Å². The Morgan fingerprint density at radius 3 is 2.64 bits per heavy atom. The molecule has 0 saturated heterocycles. The van der Waals surface area contributed by atoms with Gasteiger partial charge in [-0.05, 0) is 36.6 Å². The van der Waals surface area contributed by atoms with E-state index < -0.39 is 0 Å². The van der Waals surface area contributed by atoms with Gasteiger partial charge in [-0.3, -0.25) is 0 Å². The zero-order valence-electron chi connectivity index (χ0n) is 9.10. The van der Waals surface area contributed by atoms with E-state index in [0.29, 0.717) is 5.92 Å². The Morgan fingerprint density at radius 2 is 2.07 bits per heavy atom. The Morgan fingerprint density at radius 1 is 1.36 bits per heavy atom. The highest BCUT2D eigenvalue weighted by Crippen LogP contribution is 2.18. The number of halogens is 1. The number of aryl methyl sites for hydroxylation is 1. The number of hydrogen-bond acceptors (Lipinski definition) is 1. The van der Waals surface area contributed by atoms with Crippen molar-refractivity contribution in [2.75, 3.05) is 6.54 Å². The Bertz CT molecular complexity index is 274. The fraction of sp³-hybridized carbons (Fsp3) is 0.500. The van der Waals surface area contributed by atoms with Gasteiger partial charge in [0, 0.05) is 11.6 Å². The molecule has 0 radical (unpaired) electrons. The molecule has 0 fully saturated rings. The maximum atomic E-state index is 6.10. The Balaban J connectivity index is 2.58. The van der Waals surface area contributed by atoms with Gasteiger partial charge >= 0.3 is 0 Å². The van der Waals surface area contributed by atoms with Crippen molar-refractivity contribution in [3.8, 4) is 0 Å². The largest absolute Gasteiger partial charge is 0.312 e. The van der Waals surface area contributed by atoms with Crippen molar-refractivity contribution < 1.29 is 0 Å². The second-order valence-corrected chi connectivity index (χ2v) is 4.47. The van der Waals surface area contributed by atoms with Crippen molar-refractivity contribution in [3.05, 3.63) is 34.3 Å². The highest BCUT2D eigenvalue weighted by Gasteiger charge is 2.02. The standard InChI is InChI=1S/C12H18ClN/c1-9(2)7-14-8-11-10(3)5-4-6-12(11)13/h4-6,9,14H,7-8H2,1-3H3. The Kier molecular flexibility index (Phi) is 4.43. The number of rotatable bonds is 4. The molecule has 1 nitrogen and oxygen atoms in total. The molecule has 14 heavy (non-hydrogen) atoms. The molecule has 0 amide bonds. The predicted octanol–water partition coefficient (Wildman–Crippen LogP) is 3.39. The minimum absolute atomic E-state index is 0.679. The summed E-state index contributed by atoms with van der Waals surface area (Å²) >= 11 is 6.10. The molecule has 0 aliphatic rings. The van der Waals surface area contributed by atoms with Crippen molar-refractivity contribution in [2.24, 2.45) is 5.92 Å². The summed E-state index contributed by atoms with van der Waals surface area (Å²) in [6.45, 7) is 8.39. The predicted molar refractivity (Wildman–Crippen MR) is 62.7 cm³/mol. The molecule has 1 rings (SSSR count). The molecule has 1 aromatic carbocycles. The fourth-order valence-electron chi connectivity index (χ4n) is 1.38. The molecule has 0 atom stereocenters. The maximum Gasteiger partial charge on any atom is 0.0453 e. The first kappa shape index (κ1) is 11.5. The van der Waals surface area contributed by atoms with Gasteiger partial charge in [0.25, 0.3) is 0 Å². The van der Waals surface area contributed by atoms with Gasteiger partial charge in [-0.2, -0.15) is 0 Å². The molecule has 0 aliphatic carbocycles. The molecule has 0 spiro atoms. The van der Waals surface area contributed by atoms with Gasteiger partial charge in [0.05, 0.1) is 0 Å². The third kappa shape index (κ3) is 3.32. The average Bonchev–Trinajstić information content (AvgIpc) is 2.09. The zero-order chi connectivity index (χ0) is 10.6. The Labute approximate surface area is 91.5 Å². The molecule has 0 heterocycles. The van der Waals surface area contributed by atoms with Crippen molar-refractivity contribution in [1.29, 1.82) is 0 Å². The molecule has 1 aromatic rings. The summed E-state index contributed by atoms with van der Waals surface area (Å²) in [6, 6.07) is 6.03. The van der Waals surface area contributed by atoms with E-state index in [1.165, 1.54) is 11.1 Å². The van der Waals surface area contributed by atoms with Crippen LogP contribution >= 0.6 is 11.6 Å². The quantitative estimate of drug-likeness (QED) is 0.805. The number of nitrogens with one attached hydrogen (secondary N) is 1. The second kappa shape index (κ2) is 5.38. The molecule has 0 unspecified atom stereocenters. The summed E-state index contributed by atoms with van der Waals surface area (Å²) in [5, 5.41) is 4.26. The van der Waals surface area contributed by atoms with Crippen LogP contribution in [0.25, 0.3) is 0 Å². The molecule has 0 saturated carbocycles. The van der Waals surface area contributed by atoms with Crippen molar-refractivity contribution >= 4 is 11.6 Å². The molecule has 0 aromatic heterocycles. The van der Waals surface area contributed by atoms with Crippen LogP contribution in [0.15, 0.2) is 18.2 Å². The lowest BCUT2D eigenvalue weighted by Crippen LogP contribution is -2.19. The first-order valence-corrected chi connectivity index (χ1v) is 5.43. The van der Waals surface area contributed by atoms with E-state index in [-0.39, 0.29) is 0 Å². The summed E-state index contributed by atoms with van der Waals surface area (Å²) in [7, 11) is 0. The van der Waals surface area contributed by atoms with E-state index in [1.807, 2.05) is 12.1 Å². The summed E-state index contributed by atoms with van der Waals surface area (Å²) in [5.41, 5.74) is 2.48. The summed E-state index contributed by atoms with van der Waals surface area (Å²) in [5.74, 6) is 0.679. The number of hydrogen-bond donors (Lipinski definition) is 1. The van der Waals surface area contributed by atoms with E-state index in [9.17, 15) is 0 Å². The molecular weight excluding hydrogens is 194 g/mol. The van der Waals surface area contributed by atoms with Gasteiger partial charge in [-0.15, -0.1) is 0 Å². The number of benzene rings is 1. The van der Waals surface area contributed by atoms with E-state index in [2.05, 4.69) is 32.2 Å². The second-order valence-electron chi connectivity index (χ2n) is 4.06. The summed E-state index contributed by atoms with van der Waals surface area (Å²) in [4.78, 5) is 0. The molecule has 78 valence electrons. The molecule has 1 N–H and O–H groups in total. The monoisotopic (exact) mass is 211 g/mol. The minimum atomic E-state index is 0.679. The van der Waals surface area contributed by atoms with Crippen molar-refractivity contribution in [2.45, 2.75) is 27.3 Å². The van der Waals surface area contributed by atoms with E-state index >= 15 is 0 Å². The van der Waals surface area contributed by atoms with E-state index in [1.54, 1.807) is 0 Å². The van der Waals surface area contributed by atoms with Gasteiger partial charge in [0.1, 0.15) is 0 Å². The highest BCUT2D eigenvalue weighted by molar-refractivity contribution is 6.31. The first-order valence-electron chi connectivity index (χ1n) is 5.06. The van der Waals surface area contributed by atoms with Crippen LogP contribution in [0.5, 0.6) is 0 Å². The molecular formula is C12H18ClN. The summed E-state index contributed by atoms with van der Waals surface area (Å²) in [6.07, 6.45) is 0. The van der Waals surface area contributed by atoms with Crippen LogP contribution in [0.2, 0.25) is 5.02 Å². The normalized spacial score (nSPS) is 10.9. The van der Waals surface area contributed by atoms with Crippen LogP contribution in [-0.4, -0.2) is 6.54 Å². The van der Waals surface area contributed by atoms with E-state index in [4.69, 9.17) is 11.6 Å². The third-order valence-corrected chi connectivity index (χ3v) is 2.56. The third-order valence-electron chi connectivity index (χ3n) is 2.21. The first-order chi connectivity index (χ1) is 6.61. The van der Waals surface area contributed by atoms with Crippen LogP contribution in [-0.2, 0) is 6.54 Å². The highest BCUT2D eigenvalue weighted by atomic mass is 35.5. The lowest BCUT2D eigenvalue weighted by Gasteiger charge is -2.11. The fourth-order valence-corrected chi connectivity index (χ4v) is 1.66. The van der Waals surface area contributed by atoms with Crippen molar-refractivity contribution in [3.63, 3.8) is 0 Å². The van der Waals surface area contributed by atoms with Gasteiger partial charge in [0.2, 0.25) is 0 Å². The Hall–Kier alpha value is -0.530. The van der Waals surface area contributed by atoms with Crippen LogP contribution in [0.3, 0.4) is 0 Å². The molecule has 0 aliphatic heterocycles. The topological polar surface area (TPSA) is 12.0 Å².